The summed E-state index contributed by atoms with van der Waals surface area (Å²) in [5.41, 5.74) is 0. The molecule has 0 amide bonds. The van der Waals surface area contributed by atoms with Crippen molar-refractivity contribution in [1.29, 1.82) is 0 Å². The lowest BCUT2D eigenvalue weighted by molar-refractivity contribution is -0.167. The van der Waals surface area contributed by atoms with Gasteiger partial charge in [0.2, 0.25) is 0 Å². The molecule has 0 rings (SSSR count). The van der Waals surface area contributed by atoms with Crippen LogP contribution >= 0.6 is 0 Å². The van der Waals surface area contributed by atoms with Crippen LogP contribution in [0.15, 0.2) is 0 Å². The molecule has 0 aromatic rings. The number of esters is 3. The summed E-state index contributed by atoms with van der Waals surface area (Å²) >= 11 is 0. The van der Waals surface area contributed by atoms with E-state index < -0.39 is 6.10 Å². The zero-order chi connectivity index (χ0) is 40.1. The standard InChI is InChI=1S/C49H94O6/c1-4-7-10-13-16-19-22-25-28-30-33-36-39-42-48(51)54-45-46(55-49(52)43-40-37-34-31-27-24-21-18-15-12-9-6-3)44-53-47(50)41-38-35-32-29-26-23-20-17-14-11-8-5-2/h46H,4-45H2,1-3H3/t46-/m0/s1. The predicted molar refractivity (Wildman–Crippen MR) is 233 cm³/mol. The van der Waals surface area contributed by atoms with Crippen LogP contribution in [0.3, 0.4) is 0 Å². The van der Waals surface area contributed by atoms with Crippen molar-refractivity contribution in [2.75, 3.05) is 13.2 Å². The highest BCUT2D eigenvalue weighted by molar-refractivity contribution is 5.71. The first-order chi connectivity index (χ1) is 27.0. The van der Waals surface area contributed by atoms with Crippen LogP contribution in [0.2, 0.25) is 0 Å². The van der Waals surface area contributed by atoms with Gasteiger partial charge in [-0.05, 0) is 19.3 Å². The molecule has 0 aromatic heterocycles. The topological polar surface area (TPSA) is 78.9 Å². The lowest BCUT2D eigenvalue weighted by Crippen LogP contribution is -2.30. The molecule has 0 aromatic carbocycles. The van der Waals surface area contributed by atoms with Crippen LogP contribution in [0.5, 0.6) is 0 Å². The van der Waals surface area contributed by atoms with Gasteiger partial charge in [-0.1, -0.05) is 239 Å². The number of ether oxygens (including phenoxy) is 3. The van der Waals surface area contributed by atoms with E-state index in [-0.39, 0.29) is 31.1 Å². The monoisotopic (exact) mass is 779 g/mol. The highest BCUT2D eigenvalue weighted by atomic mass is 16.6. The largest absolute Gasteiger partial charge is 0.462 e. The molecular weight excluding hydrogens is 685 g/mol. The van der Waals surface area contributed by atoms with Crippen molar-refractivity contribution in [3.8, 4) is 0 Å². The van der Waals surface area contributed by atoms with Crippen molar-refractivity contribution in [2.24, 2.45) is 0 Å². The van der Waals surface area contributed by atoms with E-state index >= 15 is 0 Å². The Bertz CT molecular complexity index is 813. The third-order valence-corrected chi connectivity index (χ3v) is 11.1. The lowest BCUT2D eigenvalue weighted by Gasteiger charge is -2.18. The Morgan fingerprint density at radius 1 is 0.291 bits per heavy atom. The summed E-state index contributed by atoms with van der Waals surface area (Å²) in [4.78, 5) is 37.8. The highest BCUT2D eigenvalue weighted by Gasteiger charge is 2.19. The predicted octanol–water partition coefficient (Wildman–Crippen LogP) is 15.6. The molecule has 0 aliphatic carbocycles. The Labute approximate surface area is 342 Å². The van der Waals surface area contributed by atoms with Gasteiger partial charge < -0.3 is 14.2 Å². The second-order valence-electron chi connectivity index (χ2n) is 16.7. The Morgan fingerprint density at radius 2 is 0.491 bits per heavy atom. The van der Waals surface area contributed by atoms with E-state index in [4.69, 9.17) is 14.2 Å². The highest BCUT2D eigenvalue weighted by Crippen LogP contribution is 2.16. The molecule has 0 spiro atoms. The van der Waals surface area contributed by atoms with Gasteiger partial charge in [0.1, 0.15) is 13.2 Å². The fourth-order valence-corrected chi connectivity index (χ4v) is 7.38. The zero-order valence-corrected chi connectivity index (χ0v) is 37.2. The Balaban J connectivity index is 4.31. The SMILES string of the molecule is CCCCCCCCCCCCCCCC(=O)OC[C@H](COC(=O)CCCCCCCCCCCCCC)OC(=O)CCCCCCCCCCCCCC. The zero-order valence-electron chi connectivity index (χ0n) is 37.2. The molecule has 0 aliphatic rings. The average Bonchev–Trinajstić information content (AvgIpc) is 3.18. The average molecular weight is 779 g/mol. The minimum atomic E-state index is -0.758. The summed E-state index contributed by atoms with van der Waals surface area (Å²) in [7, 11) is 0. The van der Waals surface area contributed by atoms with Gasteiger partial charge >= 0.3 is 17.9 Å². The summed E-state index contributed by atoms with van der Waals surface area (Å²) in [5.74, 6) is -0.845. The molecule has 1 atom stereocenters. The molecule has 326 valence electrons. The molecule has 55 heavy (non-hydrogen) atoms. The van der Waals surface area contributed by atoms with Gasteiger partial charge in [-0.15, -0.1) is 0 Å². The first kappa shape index (κ1) is 53.4. The van der Waals surface area contributed by atoms with Crippen molar-refractivity contribution in [1.82, 2.24) is 0 Å². The van der Waals surface area contributed by atoms with Gasteiger partial charge in [0.25, 0.3) is 0 Å². The van der Waals surface area contributed by atoms with Crippen molar-refractivity contribution in [3.63, 3.8) is 0 Å². The fourth-order valence-electron chi connectivity index (χ4n) is 7.38. The molecular formula is C49H94O6. The minimum absolute atomic E-state index is 0.0622. The van der Waals surface area contributed by atoms with E-state index in [0.29, 0.717) is 19.3 Å². The second-order valence-corrected chi connectivity index (χ2v) is 16.7. The molecule has 0 aliphatic heterocycles. The minimum Gasteiger partial charge on any atom is -0.462 e. The van der Waals surface area contributed by atoms with Gasteiger partial charge in [-0.3, -0.25) is 14.4 Å². The summed E-state index contributed by atoms with van der Waals surface area (Å²) in [5, 5.41) is 0. The first-order valence-electron chi connectivity index (χ1n) is 24.5. The lowest BCUT2D eigenvalue weighted by atomic mass is 10.0. The Morgan fingerprint density at radius 3 is 0.727 bits per heavy atom. The van der Waals surface area contributed by atoms with E-state index in [2.05, 4.69) is 20.8 Å². The van der Waals surface area contributed by atoms with Gasteiger partial charge in [0.05, 0.1) is 0 Å². The van der Waals surface area contributed by atoms with Crippen LogP contribution in [0.1, 0.15) is 278 Å². The Kier molecular flexibility index (Phi) is 43.8. The maximum atomic E-state index is 12.7. The van der Waals surface area contributed by atoms with Crippen LogP contribution in [-0.2, 0) is 28.6 Å². The molecule has 0 heterocycles. The molecule has 0 bridgehead atoms. The molecule has 0 saturated heterocycles. The number of unbranched alkanes of at least 4 members (excludes halogenated alkanes) is 34. The number of carbonyl (C=O) groups excluding carboxylic acids is 3. The van der Waals surface area contributed by atoms with Gasteiger partial charge in [-0.25, -0.2) is 0 Å². The molecule has 6 nitrogen and oxygen atoms in total. The van der Waals surface area contributed by atoms with Crippen LogP contribution in [0.4, 0.5) is 0 Å². The molecule has 6 heteroatoms. The van der Waals surface area contributed by atoms with E-state index in [1.807, 2.05) is 0 Å². The molecule has 0 radical (unpaired) electrons. The van der Waals surface area contributed by atoms with Gasteiger partial charge in [-0.2, -0.15) is 0 Å². The quantitative estimate of drug-likeness (QED) is 0.0348. The van der Waals surface area contributed by atoms with Crippen LogP contribution < -0.4 is 0 Å². The number of hydrogen-bond acceptors (Lipinski definition) is 6. The van der Waals surface area contributed by atoms with Crippen LogP contribution in [0.25, 0.3) is 0 Å². The third-order valence-electron chi connectivity index (χ3n) is 11.1. The summed E-state index contributed by atoms with van der Waals surface area (Å²) in [6.07, 6.45) is 46.5. The van der Waals surface area contributed by atoms with Crippen molar-refractivity contribution in [3.05, 3.63) is 0 Å². The molecule has 0 fully saturated rings. The van der Waals surface area contributed by atoms with Gasteiger partial charge in [0, 0.05) is 19.3 Å². The summed E-state index contributed by atoms with van der Waals surface area (Å²) < 4.78 is 16.8. The summed E-state index contributed by atoms with van der Waals surface area (Å²) in [6, 6.07) is 0. The third kappa shape index (κ3) is 43.4. The normalized spacial score (nSPS) is 11.8. The molecule has 0 N–H and O–H groups in total. The van der Waals surface area contributed by atoms with E-state index in [0.717, 1.165) is 57.8 Å². The maximum absolute atomic E-state index is 12.7. The number of hydrogen-bond donors (Lipinski definition) is 0. The maximum Gasteiger partial charge on any atom is 0.306 e. The number of carbonyl (C=O) groups is 3. The molecule has 0 unspecified atom stereocenters. The van der Waals surface area contributed by atoms with E-state index in [1.165, 1.54) is 180 Å². The first-order valence-corrected chi connectivity index (χ1v) is 24.5. The Hall–Kier alpha value is -1.59. The van der Waals surface area contributed by atoms with Crippen LogP contribution in [0, 0.1) is 0 Å². The van der Waals surface area contributed by atoms with E-state index in [1.54, 1.807) is 0 Å². The van der Waals surface area contributed by atoms with Gasteiger partial charge in [0.15, 0.2) is 6.10 Å². The van der Waals surface area contributed by atoms with Crippen molar-refractivity contribution in [2.45, 2.75) is 284 Å². The number of rotatable bonds is 45. The second kappa shape index (κ2) is 45.1. The summed E-state index contributed by atoms with van der Waals surface area (Å²) in [6.45, 7) is 6.66. The molecule has 0 saturated carbocycles. The van der Waals surface area contributed by atoms with Crippen molar-refractivity contribution < 1.29 is 28.6 Å². The van der Waals surface area contributed by atoms with E-state index in [9.17, 15) is 14.4 Å². The van der Waals surface area contributed by atoms with Crippen LogP contribution in [-0.4, -0.2) is 37.2 Å². The fraction of sp³-hybridized carbons (Fsp3) is 0.939. The smallest absolute Gasteiger partial charge is 0.306 e. The van der Waals surface area contributed by atoms with Crippen molar-refractivity contribution >= 4 is 17.9 Å².